The van der Waals surface area contributed by atoms with Crippen molar-refractivity contribution in [2.45, 2.75) is 20.3 Å². The average Bonchev–Trinajstić information content (AvgIpc) is 2.49. The van der Waals surface area contributed by atoms with E-state index in [2.05, 4.69) is 24.1 Å². The van der Waals surface area contributed by atoms with Gasteiger partial charge in [0.1, 0.15) is 5.82 Å². The lowest BCUT2D eigenvalue weighted by Crippen LogP contribution is -2.16. The van der Waals surface area contributed by atoms with E-state index in [0.717, 1.165) is 12.2 Å². The zero-order valence-corrected chi connectivity index (χ0v) is 7.92. The number of aromatic amines is 1. The van der Waals surface area contributed by atoms with Gasteiger partial charge in [-0.3, -0.25) is 4.79 Å². The van der Waals surface area contributed by atoms with E-state index in [-0.39, 0.29) is 17.2 Å². The second kappa shape index (κ2) is 2.62. The Morgan fingerprint density at radius 1 is 1.69 bits per heavy atom. The standard InChI is InChI=1S/C10H14N2O/c1-10(2)6-7(10)9(13)12-8-4-3-5-11-8/h3-5,7,11H,6H2,1-2H3,(H,12,13). The summed E-state index contributed by atoms with van der Waals surface area (Å²) in [6.07, 6.45) is 2.80. The predicted molar refractivity (Wildman–Crippen MR) is 51.3 cm³/mol. The predicted octanol–water partition coefficient (Wildman–Crippen LogP) is 2.00. The fourth-order valence-corrected chi connectivity index (χ4v) is 1.54. The van der Waals surface area contributed by atoms with Crippen LogP contribution in [0.1, 0.15) is 20.3 Å². The monoisotopic (exact) mass is 178 g/mol. The molecule has 3 nitrogen and oxygen atoms in total. The zero-order valence-electron chi connectivity index (χ0n) is 7.92. The highest BCUT2D eigenvalue weighted by molar-refractivity contribution is 5.94. The van der Waals surface area contributed by atoms with Crippen molar-refractivity contribution in [1.29, 1.82) is 0 Å². The maximum absolute atomic E-state index is 11.6. The van der Waals surface area contributed by atoms with E-state index >= 15 is 0 Å². The molecule has 1 aromatic heterocycles. The molecule has 1 atom stereocenters. The smallest absolute Gasteiger partial charge is 0.229 e. The van der Waals surface area contributed by atoms with Crippen LogP contribution in [0.2, 0.25) is 0 Å². The molecule has 2 rings (SSSR count). The van der Waals surface area contributed by atoms with E-state index in [1.165, 1.54) is 0 Å². The summed E-state index contributed by atoms with van der Waals surface area (Å²) in [4.78, 5) is 14.5. The molecule has 1 heterocycles. The molecular formula is C10H14N2O. The molecule has 1 aromatic rings. The minimum atomic E-state index is 0.132. The molecule has 0 bridgehead atoms. The molecule has 0 aromatic carbocycles. The summed E-state index contributed by atoms with van der Waals surface area (Å²) < 4.78 is 0. The van der Waals surface area contributed by atoms with Gasteiger partial charge in [-0.05, 0) is 24.0 Å². The minimum Gasteiger partial charge on any atom is -0.348 e. The summed E-state index contributed by atoms with van der Waals surface area (Å²) in [5.41, 5.74) is 0.205. The number of H-pyrrole nitrogens is 1. The van der Waals surface area contributed by atoms with E-state index in [1.807, 2.05) is 12.1 Å². The van der Waals surface area contributed by atoms with Crippen LogP contribution in [-0.2, 0) is 4.79 Å². The van der Waals surface area contributed by atoms with Crippen LogP contribution < -0.4 is 5.32 Å². The second-order valence-corrected chi connectivity index (χ2v) is 4.32. The summed E-state index contributed by atoms with van der Waals surface area (Å²) in [6, 6.07) is 3.72. The number of amides is 1. The number of nitrogens with one attached hydrogen (secondary N) is 2. The number of hydrogen-bond acceptors (Lipinski definition) is 1. The van der Waals surface area contributed by atoms with Gasteiger partial charge in [0.15, 0.2) is 0 Å². The van der Waals surface area contributed by atoms with E-state index in [1.54, 1.807) is 6.20 Å². The second-order valence-electron chi connectivity index (χ2n) is 4.32. The molecule has 0 radical (unpaired) electrons. The summed E-state index contributed by atoms with van der Waals surface area (Å²) in [5.74, 6) is 1.11. The van der Waals surface area contributed by atoms with Gasteiger partial charge in [-0.15, -0.1) is 0 Å². The molecule has 0 spiro atoms. The van der Waals surface area contributed by atoms with E-state index in [0.29, 0.717) is 0 Å². The lowest BCUT2D eigenvalue weighted by molar-refractivity contribution is -0.118. The Bertz CT molecular complexity index is 314. The maximum Gasteiger partial charge on any atom is 0.229 e. The first-order chi connectivity index (χ1) is 6.09. The molecule has 2 N–H and O–H groups in total. The van der Waals surface area contributed by atoms with Gasteiger partial charge in [0.05, 0.1) is 0 Å². The van der Waals surface area contributed by atoms with Crippen LogP contribution in [0.5, 0.6) is 0 Å². The van der Waals surface area contributed by atoms with Gasteiger partial charge in [-0.1, -0.05) is 13.8 Å². The van der Waals surface area contributed by atoms with Crippen molar-refractivity contribution in [3.05, 3.63) is 18.3 Å². The van der Waals surface area contributed by atoms with Crippen LogP contribution in [0.3, 0.4) is 0 Å². The lowest BCUT2D eigenvalue weighted by Gasteiger charge is -2.03. The van der Waals surface area contributed by atoms with Crippen LogP contribution in [0, 0.1) is 11.3 Å². The quantitative estimate of drug-likeness (QED) is 0.714. The Morgan fingerprint density at radius 2 is 2.38 bits per heavy atom. The van der Waals surface area contributed by atoms with E-state index in [4.69, 9.17) is 0 Å². The topological polar surface area (TPSA) is 44.9 Å². The highest BCUT2D eigenvalue weighted by atomic mass is 16.2. The number of carbonyl (C=O) groups excluding carboxylic acids is 1. The van der Waals surface area contributed by atoms with Crippen LogP contribution in [0.4, 0.5) is 5.82 Å². The first-order valence-corrected chi connectivity index (χ1v) is 4.54. The Morgan fingerprint density at radius 3 is 2.85 bits per heavy atom. The van der Waals surface area contributed by atoms with Gasteiger partial charge < -0.3 is 10.3 Å². The third-order valence-electron chi connectivity index (χ3n) is 2.69. The molecule has 1 saturated carbocycles. The first-order valence-electron chi connectivity index (χ1n) is 4.54. The normalized spacial score (nSPS) is 24.0. The van der Waals surface area contributed by atoms with Crippen LogP contribution in [-0.4, -0.2) is 10.9 Å². The Kier molecular flexibility index (Phi) is 1.68. The molecule has 0 saturated heterocycles. The number of rotatable bonds is 2. The molecule has 1 amide bonds. The largest absolute Gasteiger partial charge is 0.348 e. The molecular weight excluding hydrogens is 164 g/mol. The van der Waals surface area contributed by atoms with Crippen molar-refractivity contribution in [2.24, 2.45) is 11.3 Å². The molecule has 3 heteroatoms. The first kappa shape index (κ1) is 8.35. The van der Waals surface area contributed by atoms with Crippen LogP contribution in [0.25, 0.3) is 0 Å². The van der Waals surface area contributed by atoms with Crippen molar-refractivity contribution in [2.75, 3.05) is 5.32 Å². The summed E-state index contributed by atoms with van der Waals surface area (Å²) in [7, 11) is 0. The molecule has 70 valence electrons. The maximum atomic E-state index is 11.6. The lowest BCUT2D eigenvalue weighted by atomic mass is 10.1. The fourth-order valence-electron chi connectivity index (χ4n) is 1.54. The van der Waals surface area contributed by atoms with E-state index in [9.17, 15) is 4.79 Å². The van der Waals surface area contributed by atoms with Gasteiger partial charge >= 0.3 is 0 Å². The van der Waals surface area contributed by atoms with Crippen LogP contribution >= 0.6 is 0 Å². The number of anilines is 1. The highest BCUT2D eigenvalue weighted by Crippen LogP contribution is 2.51. The molecule has 1 unspecified atom stereocenters. The minimum absolute atomic E-state index is 0.132. The molecule has 1 aliphatic carbocycles. The Hall–Kier alpha value is -1.25. The van der Waals surface area contributed by atoms with Crippen molar-refractivity contribution >= 4 is 11.7 Å². The molecule has 0 aliphatic heterocycles. The summed E-state index contributed by atoms with van der Waals surface area (Å²) in [5, 5.41) is 2.84. The van der Waals surface area contributed by atoms with Crippen LogP contribution in [0.15, 0.2) is 18.3 Å². The molecule has 1 fully saturated rings. The highest BCUT2D eigenvalue weighted by Gasteiger charge is 2.50. The third kappa shape index (κ3) is 1.59. The van der Waals surface area contributed by atoms with Crippen molar-refractivity contribution in [3.8, 4) is 0 Å². The van der Waals surface area contributed by atoms with Gasteiger partial charge in [-0.25, -0.2) is 0 Å². The fraction of sp³-hybridized carbons (Fsp3) is 0.500. The summed E-state index contributed by atoms with van der Waals surface area (Å²) in [6.45, 7) is 4.23. The Labute approximate surface area is 77.5 Å². The van der Waals surface area contributed by atoms with Gasteiger partial charge in [0, 0.05) is 12.1 Å². The number of aromatic nitrogens is 1. The van der Waals surface area contributed by atoms with E-state index < -0.39 is 0 Å². The van der Waals surface area contributed by atoms with Gasteiger partial charge in [0.2, 0.25) is 5.91 Å². The Balaban J connectivity index is 1.94. The third-order valence-corrected chi connectivity index (χ3v) is 2.69. The zero-order chi connectivity index (χ0) is 9.47. The summed E-state index contributed by atoms with van der Waals surface area (Å²) >= 11 is 0. The SMILES string of the molecule is CC1(C)CC1C(=O)Nc1ccc[nH]1. The van der Waals surface area contributed by atoms with Crippen molar-refractivity contribution < 1.29 is 4.79 Å². The molecule has 1 aliphatic rings. The van der Waals surface area contributed by atoms with Gasteiger partial charge in [0.25, 0.3) is 0 Å². The average molecular weight is 178 g/mol. The number of carbonyl (C=O) groups is 1. The van der Waals surface area contributed by atoms with Crippen molar-refractivity contribution in [1.82, 2.24) is 4.98 Å². The van der Waals surface area contributed by atoms with Crippen molar-refractivity contribution in [3.63, 3.8) is 0 Å². The van der Waals surface area contributed by atoms with Gasteiger partial charge in [-0.2, -0.15) is 0 Å². The molecule has 13 heavy (non-hydrogen) atoms. The number of hydrogen-bond donors (Lipinski definition) is 2.